The second-order valence-electron chi connectivity index (χ2n) is 4.22. The number of hydrogen-bond donors (Lipinski definition) is 2. The molecule has 1 atom stereocenters. The molecule has 1 aromatic heterocycles. The van der Waals surface area contributed by atoms with E-state index in [9.17, 15) is 5.11 Å². The minimum atomic E-state index is -0.462. The molecule has 0 aromatic carbocycles. The smallest absolute Gasteiger partial charge is 0.0548 e. The van der Waals surface area contributed by atoms with E-state index in [1.165, 1.54) is 0 Å². The fourth-order valence-electron chi connectivity index (χ4n) is 1.07. The Morgan fingerprint density at radius 1 is 1.46 bits per heavy atom. The Morgan fingerprint density at radius 2 is 2.08 bits per heavy atom. The van der Waals surface area contributed by atoms with Crippen LogP contribution in [-0.4, -0.2) is 11.7 Å². The third-order valence-electron chi connectivity index (χ3n) is 2.83. The lowest BCUT2D eigenvalue weighted by atomic mass is 9.74. The zero-order valence-electron chi connectivity index (χ0n) is 8.37. The number of rotatable bonds is 3. The Hall–Kier alpha value is -0.380. The van der Waals surface area contributed by atoms with E-state index in [0.29, 0.717) is 0 Å². The lowest BCUT2D eigenvalue weighted by molar-refractivity contribution is 0.0831. The molecule has 0 aliphatic rings. The summed E-state index contributed by atoms with van der Waals surface area (Å²) in [5, 5.41) is 11.3. The van der Waals surface area contributed by atoms with Crippen molar-refractivity contribution in [1.82, 2.24) is 0 Å². The van der Waals surface area contributed by atoms with Crippen LogP contribution in [0.3, 0.4) is 0 Å². The lowest BCUT2D eigenvalue weighted by Crippen LogP contribution is -2.48. The quantitative estimate of drug-likeness (QED) is 0.781. The molecule has 0 spiro atoms. The summed E-state index contributed by atoms with van der Waals surface area (Å²) in [7, 11) is 0. The van der Waals surface area contributed by atoms with Crippen molar-refractivity contribution in [2.75, 3.05) is 6.61 Å². The van der Waals surface area contributed by atoms with Crippen LogP contribution in [0.25, 0.3) is 0 Å². The number of thiophene rings is 1. The summed E-state index contributed by atoms with van der Waals surface area (Å²) in [5.41, 5.74) is 5.47. The zero-order valence-corrected chi connectivity index (χ0v) is 9.19. The fraction of sp³-hybridized carbons (Fsp3) is 0.600. The molecule has 0 fully saturated rings. The van der Waals surface area contributed by atoms with Gasteiger partial charge in [-0.3, -0.25) is 0 Å². The van der Waals surface area contributed by atoms with Gasteiger partial charge in [-0.2, -0.15) is 0 Å². The van der Waals surface area contributed by atoms with Crippen LogP contribution in [0, 0.1) is 5.41 Å². The van der Waals surface area contributed by atoms with Gasteiger partial charge in [-0.1, -0.05) is 19.9 Å². The summed E-state index contributed by atoms with van der Waals surface area (Å²) in [6, 6.07) is 4.00. The van der Waals surface area contributed by atoms with Gasteiger partial charge < -0.3 is 10.8 Å². The average Bonchev–Trinajstić information content (AvgIpc) is 2.56. The van der Waals surface area contributed by atoms with Crippen LogP contribution in [0.15, 0.2) is 17.5 Å². The fourth-order valence-corrected chi connectivity index (χ4v) is 2.05. The molecule has 1 rings (SSSR count). The summed E-state index contributed by atoms with van der Waals surface area (Å²) in [5.74, 6) is 0. The number of hydrogen-bond acceptors (Lipinski definition) is 3. The SMILES string of the molecule is CC(C)(CO)[C@@](C)(N)c1cccs1. The minimum Gasteiger partial charge on any atom is -0.396 e. The molecular formula is C10H17NOS. The topological polar surface area (TPSA) is 46.2 Å². The van der Waals surface area contributed by atoms with Gasteiger partial charge in [0.2, 0.25) is 0 Å². The predicted molar refractivity (Wildman–Crippen MR) is 56.7 cm³/mol. The lowest BCUT2D eigenvalue weighted by Gasteiger charge is -2.39. The summed E-state index contributed by atoms with van der Waals surface area (Å²) in [6.07, 6.45) is 0. The summed E-state index contributed by atoms with van der Waals surface area (Å²) >= 11 is 1.64. The molecule has 0 amide bonds. The van der Waals surface area contributed by atoms with Crippen molar-refractivity contribution in [3.63, 3.8) is 0 Å². The van der Waals surface area contributed by atoms with E-state index < -0.39 is 5.54 Å². The van der Waals surface area contributed by atoms with E-state index in [0.717, 1.165) is 4.88 Å². The summed E-state index contributed by atoms with van der Waals surface area (Å²) < 4.78 is 0. The maximum atomic E-state index is 9.25. The largest absolute Gasteiger partial charge is 0.396 e. The molecule has 13 heavy (non-hydrogen) atoms. The second-order valence-corrected chi connectivity index (χ2v) is 5.17. The summed E-state index contributed by atoms with van der Waals surface area (Å²) in [4.78, 5) is 1.12. The molecule has 0 saturated heterocycles. The highest BCUT2D eigenvalue weighted by atomic mass is 32.1. The van der Waals surface area contributed by atoms with Crippen LogP contribution in [-0.2, 0) is 5.54 Å². The molecule has 74 valence electrons. The molecule has 2 nitrogen and oxygen atoms in total. The van der Waals surface area contributed by atoms with E-state index in [2.05, 4.69) is 0 Å². The highest BCUT2D eigenvalue weighted by molar-refractivity contribution is 7.10. The third kappa shape index (κ3) is 1.77. The average molecular weight is 199 g/mol. The van der Waals surface area contributed by atoms with Gasteiger partial charge in [-0.05, 0) is 18.4 Å². The highest BCUT2D eigenvalue weighted by Crippen LogP contribution is 2.38. The Labute approximate surface area is 83.4 Å². The molecular weight excluding hydrogens is 182 g/mol. The highest BCUT2D eigenvalue weighted by Gasteiger charge is 2.39. The van der Waals surface area contributed by atoms with Crippen LogP contribution < -0.4 is 5.73 Å². The van der Waals surface area contributed by atoms with Gasteiger partial charge in [0.05, 0.1) is 12.1 Å². The monoisotopic (exact) mass is 199 g/mol. The van der Waals surface area contributed by atoms with Crippen molar-refractivity contribution in [2.24, 2.45) is 11.1 Å². The molecule has 0 unspecified atom stereocenters. The van der Waals surface area contributed by atoms with Crippen LogP contribution >= 0.6 is 11.3 Å². The molecule has 1 heterocycles. The van der Waals surface area contributed by atoms with E-state index in [-0.39, 0.29) is 12.0 Å². The van der Waals surface area contributed by atoms with Crippen molar-refractivity contribution in [3.05, 3.63) is 22.4 Å². The van der Waals surface area contributed by atoms with Crippen molar-refractivity contribution in [3.8, 4) is 0 Å². The van der Waals surface area contributed by atoms with Crippen molar-refractivity contribution in [1.29, 1.82) is 0 Å². The molecule has 0 bridgehead atoms. The van der Waals surface area contributed by atoms with Gasteiger partial charge in [-0.15, -0.1) is 11.3 Å². The molecule has 3 heteroatoms. The maximum Gasteiger partial charge on any atom is 0.0548 e. The molecule has 1 aromatic rings. The summed E-state index contributed by atoms with van der Waals surface area (Å²) in [6.45, 7) is 6.02. The first-order valence-electron chi connectivity index (χ1n) is 4.35. The Bertz CT molecular complexity index is 264. The van der Waals surface area contributed by atoms with Crippen molar-refractivity contribution < 1.29 is 5.11 Å². The van der Waals surface area contributed by atoms with E-state index in [4.69, 9.17) is 5.73 Å². The van der Waals surface area contributed by atoms with E-state index in [1.807, 2.05) is 38.3 Å². The van der Waals surface area contributed by atoms with Crippen LogP contribution in [0.4, 0.5) is 0 Å². The number of aliphatic hydroxyl groups excluding tert-OH is 1. The first-order valence-corrected chi connectivity index (χ1v) is 5.23. The number of aliphatic hydroxyl groups is 1. The Kier molecular flexibility index (Phi) is 2.80. The number of nitrogens with two attached hydrogens (primary N) is 1. The van der Waals surface area contributed by atoms with Gasteiger partial charge >= 0.3 is 0 Å². The third-order valence-corrected chi connectivity index (χ3v) is 3.94. The van der Waals surface area contributed by atoms with E-state index in [1.54, 1.807) is 11.3 Å². The van der Waals surface area contributed by atoms with Crippen molar-refractivity contribution in [2.45, 2.75) is 26.3 Å². The van der Waals surface area contributed by atoms with Gasteiger partial charge in [0, 0.05) is 10.3 Å². The molecule has 0 aliphatic heterocycles. The van der Waals surface area contributed by atoms with Gasteiger partial charge in [-0.25, -0.2) is 0 Å². The predicted octanol–water partition coefficient (Wildman–Crippen LogP) is 1.94. The molecule has 0 saturated carbocycles. The Morgan fingerprint density at radius 3 is 2.46 bits per heavy atom. The van der Waals surface area contributed by atoms with Gasteiger partial charge in [0.1, 0.15) is 0 Å². The normalized spacial score (nSPS) is 17.0. The van der Waals surface area contributed by atoms with Crippen LogP contribution in [0.5, 0.6) is 0 Å². The standard InChI is InChI=1S/C10H17NOS/c1-9(2,7-12)10(3,11)8-5-4-6-13-8/h4-6,12H,7,11H2,1-3H3/t10-/m0/s1. The minimum absolute atomic E-state index is 0.0951. The zero-order chi connectivity index (χ0) is 10.1. The second kappa shape index (κ2) is 3.40. The molecule has 0 radical (unpaired) electrons. The van der Waals surface area contributed by atoms with Crippen LogP contribution in [0.1, 0.15) is 25.6 Å². The van der Waals surface area contributed by atoms with Crippen LogP contribution in [0.2, 0.25) is 0 Å². The maximum absolute atomic E-state index is 9.25. The van der Waals surface area contributed by atoms with Gasteiger partial charge in [0.25, 0.3) is 0 Å². The van der Waals surface area contributed by atoms with Crippen molar-refractivity contribution >= 4 is 11.3 Å². The first kappa shape index (κ1) is 10.7. The molecule has 0 aliphatic carbocycles. The molecule has 3 N–H and O–H groups in total. The first-order chi connectivity index (χ1) is 5.92. The Balaban J connectivity index is 3.02. The van der Waals surface area contributed by atoms with Gasteiger partial charge in [0.15, 0.2) is 0 Å². The van der Waals surface area contributed by atoms with E-state index >= 15 is 0 Å².